The Morgan fingerprint density at radius 3 is 2.43 bits per heavy atom. The summed E-state index contributed by atoms with van der Waals surface area (Å²) in [5, 5.41) is 2.09. The van der Waals surface area contributed by atoms with Crippen LogP contribution in [0.2, 0.25) is 0 Å². The Kier molecular flexibility index (Phi) is 3.48. The first-order chi connectivity index (χ1) is 10.1. The number of halogens is 2. The lowest BCUT2D eigenvalue weighted by atomic mass is 10.00. The highest BCUT2D eigenvalue weighted by molar-refractivity contribution is 5.98. The third-order valence-corrected chi connectivity index (χ3v) is 3.41. The van der Waals surface area contributed by atoms with Gasteiger partial charge >= 0.3 is 0 Å². The molecule has 3 rings (SSSR count). The number of benzene rings is 3. The molecule has 0 saturated heterocycles. The van der Waals surface area contributed by atoms with Gasteiger partial charge in [0.2, 0.25) is 0 Å². The quantitative estimate of drug-likeness (QED) is 0.644. The van der Waals surface area contributed by atoms with E-state index >= 15 is 0 Å². The molecule has 0 unspecified atom stereocenters. The van der Waals surface area contributed by atoms with Gasteiger partial charge in [0, 0.05) is 6.42 Å². The number of carbonyl (C=O) groups is 1. The zero-order chi connectivity index (χ0) is 14.8. The maximum absolute atomic E-state index is 13.6. The zero-order valence-corrected chi connectivity index (χ0v) is 11.1. The molecule has 0 N–H and O–H groups in total. The van der Waals surface area contributed by atoms with Gasteiger partial charge in [-0.15, -0.1) is 0 Å². The van der Waals surface area contributed by atoms with E-state index in [9.17, 15) is 13.6 Å². The van der Waals surface area contributed by atoms with Gasteiger partial charge in [-0.25, -0.2) is 8.78 Å². The number of hydrogen-bond donors (Lipinski definition) is 0. The fraction of sp³-hybridized carbons (Fsp3) is 0.0556. The van der Waals surface area contributed by atoms with Crippen molar-refractivity contribution < 1.29 is 13.6 Å². The lowest BCUT2D eigenvalue weighted by Crippen LogP contribution is -2.06. The van der Waals surface area contributed by atoms with Crippen molar-refractivity contribution in [2.75, 3.05) is 0 Å². The minimum Gasteiger partial charge on any atom is -0.294 e. The summed E-state index contributed by atoms with van der Waals surface area (Å²) >= 11 is 0. The van der Waals surface area contributed by atoms with E-state index in [0.29, 0.717) is 0 Å². The van der Waals surface area contributed by atoms with Crippen LogP contribution in [0.1, 0.15) is 15.9 Å². The molecule has 0 aliphatic heterocycles. The van der Waals surface area contributed by atoms with Crippen LogP contribution in [0.3, 0.4) is 0 Å². The maximum Gasteiger partial charge on any atom is 0.170 e. The molecule has 1 nitrogen and oxygen atoms in total. The average Bonchev–Trinajstić information content (AvgIpc) is 2.49. The van der Waals surface area contributed by atoms with Gasteiger partial charge in [-0.1, -0.05) is 42.5 Å². The van der Waals surface area contributed by atoms with E-state index in [4.69, 9.17) is 0 Å². The molecule has 3 heteroatoms. The second-order valence-electron chi connectivity index (χ2n) is 4.91. The van der Waals surface area contributed by atoms with Crippen molar-refractivity contribution in [3.05, 3.63) is 83.4 Å². The number of rotatable bonds is 3. The molecule has 0 atom stereocenters. The number of ketones is 1. The SMILES string of the molecule is O=C(Cc1ccc2ccccc2c1)c1cc(F)ccc1F. The third kappa shape index (κ3) is 2.82. The molecule has 3 aromatic carbocycles. The van der Waals surface area contributed by atoms with Crippen molar-refractivity contribution in [2.24, 2.45) is 0 Å². The van der Waals surface area contributed by atoms with Crippen LogP contribution in [-0.2, 0) is 6.42 Å². The zero-order valence-electron chi connectivity index (χ0n) is 11.1. The number of Topliss-reactive ketones (excluding diaryl/α,β-unsaturated/α-hetero) is 1. The largest absolute Gasteiger partial charge is 0.294 e. The predicted molar refractivity (Wildman–Crippen MR) is 78.3 cm³/mol. The summed E-state index contributed by atoms with van der Waals surface area (Å²) in [6, 6.07) is 16.3. The van der Waals surface area contributed by atoms with Crippen LogP contribution in [-0.4, -0.2) is 5.78 Å². The van der Waals surface area contributed by atoms with Crippen LogP contribution in [0.5, 0.6) is 0 Å². The predicted octanol–water partition coefficient (Wildman–Crippen LogP) is 4.54. The van der Waals surface area contributed by atoms with E-state index in [2.05, 4.69) is 0 Å². The molecule has 0 aliphatic rings. The van der Waals surface area contributed by atoms with Crippen molar-refractivity contribution in [1.29, 1.82) is 0 Å². The van der Waals surface area contributed by atoms with Gasteiger partial charge < -0.3 is 0 Å². The van der Waals surface area contributed by atoms with Gasteiger partial charge in [-0.3, -0.25) is 4.79 Å². The first kappa shape index (κ1) is 13.4. The molecular formula is C18H12F2O. The fourth-order valence-corrected chi connectivity index (χ4v) is 2.34. The number of hydrogen-bond acceptors (Lipinski definition) is 1. The molecule has 0 saturated carbocycles. The Bertz CT molecular complexity index is 824. The van der Waals surface area contributed by atoms with E-state index < -0.39 is 17.4 Å². The van der Waals surface area contributed by atoms with E-state index in [0.717, 1.165) is 34.5 Å². The summed E-state index contributed by atoms with van der Waals surface area (Å²) in [5.74, 6) is -1.73. The third-order valence-electron chi connectivity index (χ3n) is 3.41. The number of carbonyl (C=O) groups excluding carboxylic acids is 1. The lowest BCUT2D eigenvalue weighted by molar-refractivity contribution is 0.0988. The minimum atomic E-state index is -0.692. The average molecular weight is 282 g/mol. The topological polar surface area (TPSA) is 17.1 Å². The Hall–Kier alpha value is -2.55. The second kappa shape index (κ2) is 5.44. The summed E-state index contributed by atoms with van der Waals surface area (Å²) in [6.07, 6.45) is 0.0468. The first-order valence-corrected chi connectivity index (χ1v) is 6.59. The normalized spacial score (nSPS) is 10.8. The van der Waals surface area contributed by atoms with Crippen molar-refractivity contribution >= 4 is 16.6 Å². The minimum absolute atomic E-state index is 0.0468. The molecule has 0 aliphatic carbocycles. The molecule has 0 heterocycles. The van der Waals surface area contributed by atoms with Crippen LogP contribution in [0.15, 0.2) is 60.7 Å². The van der Waals surface area contributed by atoms with Crippen LogP contribution < -0.4 is 0 Å². The van der Waals surface area contributed by atoms with Crippen molar-refractivity contribution in [1.82, 2.24) is 0 Å². The van der Waals surface area contributed by atoms with Gasteiger partial charge in [0.25, 0.3) is 0 Å². The summed E-state index contributed by atoms with van der Waals surface area (Å²) in [4.78, 5) is 12.1. The van der Waals surface area contributed by atoms with Gasteiger partial charge in [0.05, 0.1) is 5.56 Å². The van der Waals surface area contributed by atoms with Crippen LogP contribution in [0.4, 0.5) is 8.78 Å². The molecule has 0 radical (unpaired) electrons. The highest BCUT2D eigenvalue weighted by Crippen LogP contribution is 2.18. The molecular weight excluding hydrogens is 270 g/mol. The molecule has 0 bridgehead atoms. The highest BCUT2D eigenvalue weighted by Gasteiger charge is 2.13. The van der Waals surface area contributed by atoms with Crippen LogP contribution in [0.25, 0.3) is 10.8 Å². The van der Waals surface area contributed by atoms with Crippen molar-refractivity contribution in [3.8, 4) is 0 Å². The maximum atomic E-state index is 13.6. The van der Waals surface area contributed by atoms with Crippen molar-refractivity contribution in [2.45, 2.75) is 6.42 Å². The van der Waals surface area contributed by atoms with Crippen molar-refractivity contribution in [3.63, 3.8) is 0 Å². The highest BCUT2D eigenvalue weighted by atomic mass is 19.1. The summed E-state index contributed by atoms with van der Waals surface area (Å²) in [5.41, 5.74) is 0.575. The molecule has 0 fully saturated rings. The first-order valence-electron chi connectivity index (χ1n) is 6.59. The standard InChI is InChI=1S/C18H12F2O/c19-15-7-8-17(20)16(11-15)18(21)10-12-5-6-13-3-1-2-4-14(13)9-12/h1-9,11H,10H2. The smallest absolute Gasteiger partial charge is 0.170 e. The molecule has 0 aromatic heterocycles. The summed E-state index contributed by atoms with van der Waals surface area (Å²) < 4.78 is 26.7. The van der Waals surface area contributed by atoms with E-state index in [-0.39, 0.29) is 12.0 Å². The van der Waals surface area contributed by atoms with Gasteiger partial charge in [-0.05, 0) is 34.5 Å². The van der Waals surface area contributed by atoms with E-state index in [1.807, 2.05) is 42.5 Å². The number of fused-ring (bicyclic) bond motifs is 1. The Morgan fingerprint density at radius 1 is 0.857 bits per heavy atom. The van der Waals surface area contributed by atoms with E-state index in [1.165, 1.54) is 0 Å². The van der Waals surface area contributed by atoms with Gasteiger partial charge in [0.15, 0.2) is 5.78 Å². The van der Waals surface area contributed by atoms with Gasteiger partial charge in [0.1, 0.15) is 11.6 Å². The molecule has 0 amide bonds. The molecule has 3 aromatic rings. The second-order valence-corrected chi connectivity index (χ2v) is 4.91. The monoisotopic (exact) mass is 282 g/mol. The summed E-state index contributed by atoms with van der Waals surface area (Å²) in [6.45, 7) is 0. The summed E-state index contributed by atoms with van der Waals surface area (Å²) in [7, 11) is 0. The Balaban J connectivity index is 1.90. The molecule has 104 valence electrons. The molecule has 0 spiro atoms. The van der Waals surface area contributed by atoms with E-state index in [1.54, 1.807) is 0 Å². The Labute approximate surface area is 120 Å². The van der Waals surface area contributed by atoms with Gasteiger partial charge in [-0.2, -0.15) is 0 Å². The fourth-order valence-electron chi connectivity index (χ4n) is 2.34. The van der Waals surface area contributed by atoms with Crippen LogP contribution >= 0.6 is 0 Å². The Morgan fingerprint density at radius 2 is 1.62 bits per heavy atom. The van der Waals surface area contributed by atoms with Crippen LogP contribution in [0, 0.1) is 11.6 Å². The lowest BCUT2D eigenvalue weighted by Gasteiger charge is -2.05. The molecule has 21 heavy (non-hydrogen) atoms.